The minimum Gasteiger partial charge on any atom is -0.213 e. The molecule has 0 aromatic heterocycles. The van der Waals surface area contributed by atoms with Crippen LogP contribution in [0, 0.1) is 0 Å². The van der Waals surface area contributed by atoms with Gasteiger partial charge in [0, 0.05) is 0 Å². The summed E-state index contributed by atoms with van der Waals surface area (Å²) in [6.45, 7) is 3.92. The Morgan fingerprint density at radius 3 is 0.759 bits per heavy atom. The van der Waals surface area contributed by atoms with Gasteiger partial charge in [0.2, 0.25) is 0 Å². The van der Waals surface area contributed by atoms with Crippen LogP contribution in [-0.2, 0) is 35.5 Å². The maximum atomic E-state index is 12.0. The van der Waals surface area contributed by atoms with Gasteiger partial charge in [-0.1, -0.05) is 58.8 Å². The van der Waals surface area contributed by atoms with Crippen molar-refractivity contribution in [3.63, 3.8) is 0 Å². The van der Waals surface area contributed by atoms with Gasteiger partial charge in [-0.05, 0) is 25.7 Å². The maximum Gasteiger partial charge on any atom is 0.253 e. The molecule has 0 heterocycles. The molecule has 0 aromatic rings. The highest BCUT2D eigenvalue weighted by atomic mass is 33.2. The molecule has 0 bridgehead atoms. The topological polar surface area (TPSA) is 137 Å². The van der Waals surface area contributed by atoms with Crippen molar-refractivity contribution in [1.29, 1.82) is 0 Å². The molecule has 0 saturated carbocycles. The van der Waals surface area contributed by atoms with E-state index in [1.54, 1.807) is 0 Å². The van der Waals surface area contributed by atoms with Crippen LogP contribution in [0.5, 0.6) is 0 Å². The highest BCUT2D eigenvalue weighted by Gasteiger charge is 2.30. The lowest BCUT2D eigenvalue weighted by atomic mass is 10.2. The summed E-state index contributed by atoms with van der Waals surface area (Å²) in [4.78, 5) is 0. The number of unbranched alkanes of at least 4 members (excludes halogenated alkanes) is 8. The fraction of sp³-hybridized carbons (Fsp3) is 1.00. The third kappa shape index (κ3) is 10.6. The Morgan fingerprint density at radius 2 is 0.552 bits per heavy atom. The lowest BCUT2D eigenvalue weighted by Crippen LogP contribution is -2.23. The Bertz CT molecular complexity index is 796. The zero-order valence-electron chi connectivity index (χ0n) is 17.5. The minimum atomic E-state index is -4.30. The SMILES string of the molecule is CCCCCCS(=O)(=O)S(=O)(=O)CCCCCS(=O)(=O)S(=O)(=O)CCCCCC. The first-order valence-corrected chi connectivity index (χ1v) is 17.9. The maximum absolute atomic E-state index is 12.0. The van der Waals surface area contributed by atoms with Crippen molar-refractivity contribution in [2.45, 2.75) is 84.5 Å². The second kappa shape index (κ2) is 13.3. The van der Waals surface area contributed by atoms with Gasteiger partial charge in [-0.2, -0.15) is 0 Å². The second-order valence-corrected chi connectivity index (χ2v) is 19.4. The van der Waals surface area contributed by atoms with E-state index >= 15 is 0 Å². The molecule has 29 heavy (non-hydrogen) atoms. The van der Waals surface area contributed by atoms with Gasteiger partial charge in [0.1, 0.15) is 0 Å². The van der Waals surface area contributed by atoms with E-state index < -0.39 is 58.5 Å². The van der Waals surface area contributed by atoms with E-state index in [0.29, 0.717) is 25.7 Å². The van der Waals surface area contributed by atoms with Gasteiger partial charge in [-0.25, -0.2) is 33.7 Å². The van der Waals surface area contributed by atoms with Gasteiger partial charge < -0.3 is 0 Å². The van der Waals surface area contributed by atoms with E-state index in [2.05, 4.69) is 0 Å². The van der Waals surface area contributed by atoms with E-state index in [0.717, 1.165) is 25.7 Å². The molecule has 0 fully saturated rings. The first-order valence-electron chi connectivity index (χ1n) is 10.2. The Labute approximate surface area is 176 Å². The van der Waals surface area contributed by atoms with Crippen LogP contribution in [0.15, 0.2) is 0 Å². The molecule has 8 nitrogen and oxygen atoms in total. The third-order valence-electron chi connectivity index (χ3n) is 4.56. The van der Waals surface area contributed by atoms with E-state index in [1.807, 2.05) is 13.8 Å². The quantitative estimate of drug-likeness (QED) is 0.209. The van der Waals surface area contributed by atoms with E-state index in [-0.39, 0.29) is 19.3 Å². The fourth-order valence-electron chi connectivity index (χ4n) is 2.65. The molecular weight excluding hydrogens is 460 g/mol. The van der Waals surface area contributed by atoms with Crippen LogP contribution in [0.3, 0.4) is 0 Å². The van der Waals surface area contributed by atoms with E-state index in [1.165, 1.54) is 0 Å². The van der Waals surface area contributed by atoms with Crippen LogP contribution in [0.4, 0.5) is 0 Å². The van der Waals surface area contributed by atoms with Crippen molar-refractivity contribution in [3.05, 3.63) is 0 Å². The van der Waals surface area contributed by atoms with Gasteiger partial charge in [-0.3, -0.25) is 0 Å². The largest absolute Gasteiger partial charge is 0.253 e. The van der Waals surface area contributed by atoms with Gasteiger partial charge >= 0.3 is 0 Å². The Hall–Kier alpha value is -0.200. The number of hydrogen-bond donors (Lipinski definition) is 0. The molecule has 0 aliphatic heterocycles. The van der Waals surface area contributed by atoms with Crippen molar-refractivity contribution in [1.82, 2.24) is 0 Å². The molecule has 0 rings (SSSR count). The van der Waals surface area contributed by atoms with Gasteiger partial charge in [0.25, 0.3) is 35.5 Å². The van der Waals surface area contributed by atoms with Gasteiger partial charge in [-0.15, -0.1) is 0 Å². The van der Waals surface area contributed by atoms with Crippen molar-refractivity contribution >= 4 is 35.5 Å². The number of hydrogen-bond acceptors (Lipinski definition) is 8. The molecule has 12 heteroatoms. The Balaban J connectivity index is 4.45. The first-order chi connectivity index (χ1) is 13.3. The standard InChI is InChI=1S/C17H36O8S4/c1-3-5-7-10-14-26(18,19)28(22,23)16-12-9-13-17-29(24,25)27(20,21)15-11-8-6-4-2/h3-17H2,1-2H3. The molecule has 0 spiro atoms. The van der Waals surface area contributed by atoms with Crippen molar-refractivity contribution in [2.75, 3.05) is 23.0 Å². The highest BCUT2D eigenvalue weighted by Crippen LogP contribution is 2.15. The Morgan fingerprint density at radius 1 is 0.345 bits per heavy atom. The lowest BCUT2D eigenvalue weighted by Gasteiger charge is -2.07. The summed E-state index contributed by atoms with van der Waals surface area (Å²) in [5, 5.41) is 0. The van der Waals surface area contributed by atoms with Crippen LogP contribution in [0.1, 0.15) is 84.5 Å². The monoisotopic (exact) mass is 496 g/mol. The van der Waals surface area contributed by atoms with Crippen LogP contribution in [0.2, 0.25) is 0 Å². The van der Waals surface area contributed by atoms with E-state index in [4.69, 9.17) is 0 Å². The molecular formula is C17H36O8S4. The predicted molar refractivity (Wildman–Crippen MR) is 117 cm³/mol. The van der Waals surface area contributed by atoms with E-state index in [9.17, 15) is 33.7 Å². The summed E-state index contributed by atoms with van der Waals surface area (Å²) >= 11 is 0. The molecule has 0 N–H and O–H groups in total. The summed E-state index contributed by atoms with van der Waals surface area (Å²) in [6.07, 6.45) is 5.45. The summed E-state index contributed by atoms with van der Waals surface area (Å²) < 4.78 is 95.8. The summed E-state index contributed by atoms with van der Waals surface area (Å²) in [5.74, 6) is -1.96. The van der Waals surface area contributed by atoms with Crippen molar-refractivity contribution in [2.24, 2.45) is 0 Å². The summed E-state index contributed by atoms with van der Waals surface area (Å²) in [5.41, 5.74) is 0. The van der Waals surface area contributed by atoms with Gasteiger partial charge in [0.15, 0.2) is 0 Å². The molecule has 0 aliphatic rings. The Kier molecular flexibility index (Phi) is 13.2. The summed E-state index contributed by atoms with van der Waals surface area (Å²) in [7, 11) is -17.1. The minimum absolute atomic E-state index is 0.0252. The predicted octanol–water partition coefficient (Wildman–Crippen LogP) is 2.81. The van der Waals surface area contributed by atoms with Crippen molar-refractivity contribution in [3.8, 4) is 0 Å². The molecule has 0 saturated heterocycles. The normalized spacial score (nSPS) is 13.6. The molecule has 0 atom stereocenters. The molecule has 176 valence electrons. The zero-order valence-corrected chi connectivity index (χ0v) is 20.8. The van der Waals surface area contributed by atoms with Crippen LogP contribution in [0.25, 0.3) is 0 Å². The first kappa shape index (κ1) is 28.8. The lowest BCUT2D eigenvalue weighted by molar-refractivity contribution is 0.573. The second-order valence-electron chi connectivity index (χ2n) is 7.23. The average Bonchev–Trinajstić information content (AvgIpc) is 2.61. The third-order valence-corrected chi connectivity index (χ3v) is 15.9. The van der Waals surface area contributed by atoms with Crippen molar-refractivity contribution < 1.29 is 33.7 Å². The number of rotatable bonds is 18. The van der Waals surface area contributed by atoms with Gasteiger partial charge in [0.05, 0.1) is 23.0 Å². The molecule has 0 aliphatic carbocycles. The molecule has 0 aromatic carbocycles. The average molecular weight is 497 g/mol. The van der Waals surface area contributed by atoms with Crippen LogP contribution < -0.4 is 0 Å². The smallest absolute Gasteiger partial charge is 0.213 e. The molecule has 0 unspecified atom stereocenters. The molecule has 0 radical (unpaired) electrons. The summed E-state index contributed by atoms with van der Waals surface area (Å²) in [6, 6.07) is 0. The van der Waals surface area contributed by atoms with Crippen LogP contribution >= 0.6 is 0 Å². The fourth-order valence-corrected chi connectivity index (χ4v) is 10.4. The van der Waals surface area contributed by atoms with Crippen LogP contribution in [-0.4, -0.2) is 56.7 Å². The highest BCUT2D eigenvalue weighted by molar-refractivity contribution is 8.67. The zero-order chi connectivity index (χ0) is 22.6. The molecule has 0 amide bonds.